The zero-order valence-corrected chi connectivity index (χ0v) is 15.7. The minimum absolute atomic E-state index is 0.179. The zero-order valence-electron chi connectivity index (χ0n) is 14.9. The maximum Gasteiger partial charge on any atom is 0.261 e. The molecule has 1 unspecified atom stereocenters. The molecule has 3 rings (SSSR count). The lowest BCUT2D eigenvalue weighted by atomic mass is 10.1. The van der Waals surface area contributed by atoms with Crippen LogP contribution in [0.25, 0.3) is 0 Å². The predicted molar refractivity (Wildman–Crippen MR) is 99.6 cm³/mol. The number of aryl methyl sites for hydroxylation is 1. The highest BCUT2D eigenvalue weighted by molar-refractivity contribution is 7.92. The van der Waals surface area contributed by atoms with Gasteiger partial charge in [-0.05, 0) is 49.2 Å². The van der Waals surface area contributed by atoms with E-state index in [2.05, 4.69) is 10.0 Å². The molecule has 1 aliphatic rings. The minimum atomic E-state index is -3.96. The Hall–Kier alpha value is -2.45. The molecule has 2 aromatic carbocycles. The van der Waals surface area contributed by atoms with E-state index in [0.717, 1.165) is 12.5 Å². The van der Waals surface area contributed by atoms with E-state index in [9.17, 15) is 17.6 Å². The van der Waals surface area contributed by atoms with E-state index < -0.39 is 15.8 Å². The molecule has 1 amide bonds. The highest BCUT2D eigenvalue weighted by atomic mass is 32.2. The Morgan fingerprint density at radius 1 is 1.26 bits per heavy atom. The van der Waals surface area contributed by atoms with Crippen molar-refractivity contribution in [3.05, 3.63) is 59.4 Å². The molecule has 1 atom stereocenters. The average molecular weight is 392 g/mol. The lowest BCUT2D eigenvalue weighted by Gasteiger charge is -2.12. The summed E-state index contributed by atoms with van der Waals surface area (Å²) in [6, 6.07) is 9.87. The van der Waals surface area contributed by atoms with Crippen molar-refractivity contribution >= 4 is 21.6 Å². The van der Waals surface area contributed by atoms with Crippen LogP contribution in [0, 0.1) is 18.7 Å². The maximum atomic E-state index is 13.7. The number of anilines is 1. The van der Waals surface area contributed by atoms with Gasteiger partial charge in [-0.15, -0.1) is 0 Å². The molecule has 27 heavy (non-hydrogen) atoms. The van der Waals surface area contributed by atoms with E-state index in [4.69, 9.17) is 4.74 Å². The van der Waals surface area contributed by atoms with Crippen molar-refractivity contribution in [2.45, 2.75) is 18.2 Å². The Labute approximate surface area is 157 Å². The molecule has 0 spiro atoms. The second kappa shape index (κ2) is 8.06. The van der Waals surface area contributed by atoms with Crippen LogP contribution in [0.5, 0.6) is 0 Å². The maximum absolute atomic E-state index is 13.7. The third-order valence-electron chi connectivity index (χ3n) is 4.41. The van der Waals surface area contributed by atoms with Crippen molar-refractivity contribution in [2.24, 2.45) is 5.92 Å². The SMILES string of the molecule is Cc1ccc(S(=O)(=O)Nc2cccc(C(=O)NCC3CCOC3)c2)cc1F. The standard InChI is InChI=1S/C19H21FN2O4S/c1-13-5-6-17(10-18(13)20)27(24,25)22-16-4-2-3-15(9-16)19(23)21-11-14-7-8-26-12-14/h2-6,9-10,14,22H,7-8,11-12H2,1H3,(H,21,23). The van der Waals surface area contributed by atoms with Crippen molar-refractivity contribution in [3.8, 4) is 0 Å². The second-order valence-corrected chi connectivity index (χ2v) is 8.22. The number of ether oxygens (including phenoxy) is 1. The van der Waals surface area contributed by atoms with Crippen molar-refractivity contribution in [1.82, 2.24) is 5.32 Å². The van der Waals surface area contributed by atoms with Gasteiger partial charge in [-0.25, -0.2) is 12.8 Å². The molecule has 1 heterocycles. The summed E-state index contributed by atoms with van der Waals surface area (Å²) < 4.78 is 46.2. The molecule has 0 aromatic heterocycles. The van der Waals surface area contributed by atoms with Gasteiger partial charge in [-0.3, -0.25) is 9.52 Å². The van der Waals surface area contributed by atoms with Gasteiger partial charge >= 0.3 is 0 Å². The van der Waals surface area contributed by atoms with E-state index >= 15 is 0 Å². The fourth-order valence-corrected chi connectivity index (χ4v) is 3.82. The first-order valence-electron chi connectivity index (χ1n) is 8.60. The number of benzene rings is 2. The molecule has 6 nitrogen and oxygen atoms in total. The average Bonchev–Trinajstić information content (AvgIpc) is 3.15. The normalized spacial score (nSPS) is 16.9. The van der Waals surface area contributed by atoms with Crippen LogP contribution >= 0.6 is 0 Å². The third-order valence-corrected chi connectivity index (χ3v) is 5.78. The molecule has 2 N–H and O–H groups in total. The van der Waals surface area contributed by atoms with Crippen molar-refractivity contribution in [3.63, 3.8) is 0 Å². The fourth-order valence-electron chi connectivity index (χ4n) is 2.76. The highest BCUT2D eigenvalue weighted by Crippen LogP contribution is 2.19. The van der Waals surface area contributed by atoms with E-state index in [1.54, 1.807) is 19.1 Å². The molecule has 0 saturated carbocycles. The van der Waals surface area contributed by atoms with Crippen LogP contribution < -0.4 is 10.0 Å². The summed E-state index contributed by atoms with van der Waals surface area (Å²) in [6.07, 6.45) is 0.910. The van der Waals surface area contributed by atoms with E-state index in [0.29, 0.717) is 36.8 Å². The van der Waals surface area contributed by atoms with Gasteiger partial charge in [-0.1, -0.05) is 12.1 Å². The predicted octanol–water partition coefficient (Wildman–Crippen LogP) is 2.70. The van der Waals surface area contributed by atoms with E-state index in [1.807, 2.05) is 0 Å². The first kappa shape index (κ1) is 19.3. The Morgan fingerprint density at radius 3 is 2.78 bits per heavy atom. The number of hydrogen-bond donors (Lipinski definition) is 2. The molecule has 1 saturated heterocycles. The smallest absolute Gasteiger partial charge is 0.261 e. The zero-order chi connectivity index (χ0) is 19.4. The molecule has 0 radical (unpaired) electrons. The molecular weight excluding hydrogens is 371 g/mol. The quantitative estimate of drug-likeness (QED) is 0.792. The summed E-state index contributed by atoms with van der Waals surface area (Å²) in [6.45, 7) is 3.40. The number of nitrogens with one attached hydrogen (secondary N) is 2. The summed E-state index contributed by atoms with van der Waals surface area (Å²) in [5.41, 5.74) is 0.928. The van der Waals surface area contributed by atoms with Gasteiger partial charge < -0.3 is 10.1 Å². The van der Waals surface area contributed by atoms with Crippen LogP contribution in [-0.2, 0) is 14.8 Å². The molecule has 1 fully saturated rings. The van der Waals surface area contributed by atoms with Gasteiger partial charge in [0.05, 0.1) is 11.5 Å². The molecule has 2 aromatic rings. The van der Waals surface area contributed by atoms with Crippen LogP contribution in [0.3, 0.4) is 0 Å². The lowest BCUT2D eigenvalue weighted by molar-refractivity contribution is 0.0945. The number of rotatable bonds is 6. The number of carbonyl (C=O) groups excluding carboxylic acids is 1. The third kappa shape index (κ3) is 4.84. The summed E-state index contributed by atoms with van der Waals surface area (Å²) in [4.78, 5) is 12.1. The summed E-state index contributed by atoms with van der Waals surface area (Å²) >= 11 is 0. The van der Waals surface area contributed by atoms with Crippen molar-refractivity contribution in [2.75, 3.05) is 24.5 Å². The van der Waals surface area contributed by atoms with Crippen LogP contribution in [-0.4, -0.2) is 34.1 Å². The first-order chi connectivity index (χ1) is 12.8. The van der Waals surface area contributed by atoms with Gasteiger partial charge in [0, 0.05) is 30.3 Å². The van der Waals surface area contributed by atoms with Crippen molar-refractivity contribution in [1.29, 1.82) is 0 Å². The number of halogens is 1. The molecule has 1 aliphatic heterocycles. The molecule has 0 aliphatic carbocycles. The van der Waals surface area contributed by atoms with Crippen LogP contribution in [0.1, 0.15) is 22.3 Å². The van der Waals surface area contributed by atoms with Gasteiger partial charge in [0.15, 0.2) is 0 Å². The van der Waals surface area contributed by atoms with Gasteiger partial charge in [-0.2, -0.15) is 0 Å². The van der Waals surface area contributed by atoms with Crippen LogP contribution in [0.2, 0.25) is 0 Å². The van der Waals surface area contributed by atoms with Crippen LogP contribution in [0.15, 0.2) is 47.4 Å². The first-order valence-corrected chi connectivity index (χ1v) is 10.1. The highest BCUT2D eigenvalue weighted by Gasteiger charge is 2.18. The van der Waals surface area contributed by atoms with Crippen LogP contribution in [0.4, 0.5) is 10.1 Å². The monoisotopic (exact) mass is 392 g/mol. The van der Waals surface area contributed by atoms with E-state index in [1.165, 1.54) is 24.3 Å². The second-order valence-electron chi connectivity index (χ2n) is 6.54. The number of sulfonamides is 1. The Balaban J connectivity index is 1.70. The Kier molecular flexibility index (Phi) is 5.76. The molecular formula is C19H21FN2O4S. The fraction of sp³-hybridized carbons (Fsp3) is 0.316. The molecule has 8 heteroatoms. The Bertz CT molecular complexity index is 940. The largest absolute Gasteiger partial charge is 0.381 e. The van der Waals surface area contributed by atoms with E-state index in [-0.39, 0.29) is 16.5 Å². The number of carbonyl (C=O) groups is 1. The van der Waals surface area contributed by atoms with Crippen molar-refractivity contribution < 1.29 is 22.3 Å². The van der Waals surface area contributed by atoms with Gasteiger partial charge in [0.2, 0.25) is 0 Å². The molecule has 144 valence electrons. The topological polar surface area (TPSA) is 84.5 Å². The van der Waals surface area contributed by atoms with Gasteiger partial charge in [0.25, 0.3) is 15.9 Å². The lowest BCUT2D eigenvalue weighted by Crippen LogP contribution is -2.29. The molecule has 0 bridgehead atoms. The minimum Gasteiger partial charge on any atom is -0.381 e. The van der Waals surface area contributed by atoms with Gasteiger partial charge in [0.1, 0.15) is 5.82 Å². The summed E-state index contributed by atoms with van der Waals surface area (Å²) in [5.74, 6) is -0.585. The Morgan fingerprint density at radius 2 is 2.07 bits per heavy atom. The summed E-state index contributed by atoms with van der Waals surface area (Å²) in [7, 11) is -3.96. The summed E-state index contributed by atoms with van der Waals surface area (Å²) in [5, 5.41) is 2.83. The number of amides is 1. The number of hydrogen-bond acceptors (Lipinski definition) is 4.